The second-order valence-corrected chi connectivity index (χ2v) is 7.12. The van der Waals surface area contributed by atoms with Crippen LogP contribution >= 0.6 is 0 Å². The molecule has 0 atom stereocenters. The molecule has 2 aliphatic rings. The second-order valence-electron chi connectivity index (χ2n) is 7.12. The first-order chi connectivity index (χ1) is 12.6. The number of hydrogen-bond donors (Lipinski definition) is 1. The summed E-state index contributed by atoms with van der Waals surface area (Å²) >= 11 is 0. The number of rotatable bonds is 5. The number of methoxy groups -OCH3 is 2. The number of benzene rings is 1. The minimum Gasteiger partial charge on any atom is -0.493 e. The molecule has 1 saturated carbocycles. The van der Waals surface area contributed by atoms with Gasteiger partial charge in [-0.05, 0) is 42.5 Å². The summed E-state index contributed by atoms with van der Waals surface area (Å²) in [6.07, 6.45) is 6.30. The van der Waals surface area contributed by atoms with E-state index in [1.165, 1.54) is 12.0 Å². The lowest BCUT2D eigenvalue weighted by molar-refractivity contribution is -0.137. The first-order valence-corrected chi connectivity index (χ1v) is 9.41. The van der Waals surface area contributed by atoms with Crippen LogP contribution in [0.1, 0.15) is 49.7 Å². The van der Waals surface area contributed by atoms with Crippen LogP contribution in [-0.2, 0) is 22.6 Å². The zero-order valence-electron chi connectivity index (χ0n) is 15.7. The minimum absolute atomic E-state index is 0.0703. The number of carbonyl (C=O) groups excluding carboxylic acids is 2. The molecule has 26 heavy (non-hydrogen) atoms. The molecule has 1 fully saturated rings. The van der Waals surface area contributed by atoms with Crippen molar-refractivity contribution >= 4 is 11.8 Å². The zero-order valence-corrected chi connectivity index (χ0v) is 15.7. The molecule has 1 aliphatic heterocycles. The van der Waals surface area contributed by atoms with Gasteiger partial charge in [0.1, 0.15) is 6.42 Å². The Morgan fingerprint density at radius 3 is 2.38 bits per heavy atom. The average molecular weight is 360 g/mol. The van der Waals surface area contributed by atoms with Gasteiger partial charge in [0.25, 0.3) is 0 Å². The van der Waals surface area contributed by atoms with E-state index in [4.69, 9.17) is 9.47 Å². The highest BCUT2D eigenvalue weighted by Crippen LogP contribution is 2.33. The van der Waals surface area contributed by atoms with Crippen LogP contribution in [-0.4, -0.2) is 43.5 Å². The van der Waals surface area contributed by atoms with Gasteiger partial charge in [0.15, 0.2) is 11.5 Å². The van der Waals surface area contributed by atoms with E-state index in [2.05, 4.69) is 5.32 Å². The zero-order chi connectivity index (χ0) is 18.5. The SMILES string of the molecule is COc1cc2c(cc1OC)CN(C(=O)CC(=O)NC1CCCCC1)CC2. The van der Waals surface area contributed by atoms with Crippen molar-refractivity contribution in [2.45, 2.75) is 57.5 Å². The fourth-order valence-corrected chi connectivity index (χ4v) is 3.87. The maximum Gasteiger partial charge on any atom is 0.232 e. The highest BCUT2D eigenvalue weighted by molar-refractivity contribution is 5.97. The van der Waals surface area contributed by atoms with E-state index in [1.807, 2.05) is 12.1 Å². The van der Waals surface area contributed by atoms with E-state index < -0.39 is 0 Å². The van der Waals surface area contributed by atoms with Crippen LogP contribution in [0.3, 0.4) is 0 Å². The lowest BCUT2D eigenvalue weighted by Crippen LogP contribution is -2.41. The molecule has 2 amide bonds. The third kappa shape index (κ3) is 4.29. The van der Waals surface area contributed by atoms with Gasteiger partial charge in [0.05, 0.1) is 14.2 Å². The smallest absolute Gasteiger partial charge is 0.232 e. The summed E-state index contributed by atoms with van der Waals surface area (Å²) in [4.78, 5) is 26.5. The molecular formula is C20H28N2O4. The van der Waals surface area contributed by atoms with Crippen molar-refractivity contribution in [3.8, 4) is 11.5 Å². The van der Waals surface area contributed by atoms with Crippen molar-refractivity contribution in [3.05, 3.63) is 23.3 Å². The Labute approximate surface area is 154 Å². The van der Waals surface area contributed by atoms with Gasteiger partial charge in [-0.1, -0.05) is 19.3 Å². The molecule has 6 heteroatoms. The normalized spacial score (nSPS) is 17.4. The molecule has 0 unspecified atom stereocenters. The number of hydrogen-bond acceptors (Lipinski definition) is 4. The number of amides is 2. The van der Waals surface area contributed by atoms with E-state index in [0.717, 1.165) is 37.7 Å². The van der Waals surface area contributed by atoms with E-state index in [0.29, 0.717) is 24.6 Å². The number of ether oxygens (including phenoxy) is 2. The van der Waals surface area contributed by atoms with Crippen LogP contribution in [0.25, 0.3) is 0 Å². The maximum absolute atomic E-state index is 12.5. The topological polar surface area (TPSA) is 67.9 Å². The van der Waals surface area contributed by atoms with Crippen LogP contribution < -0.4 is 14.8 Å². The fourth-order valence-electron chi connectivity index (χ4n) is 3.87. The third-order valence-corrected chi connectivity index (χ3v) is 5.35. The Kier molecular flexibility index (Phi) is 6.01. The second kappa shape index (κ2) is 8.43. The van der Waals surface area contributed by atoms with Gasteiger partial charge in [0, 0.05) is 19.1 Å². The molecule has 142 valence electrons. The molecule has 1 aromatic carbocycles. The van der Waals surface area contributed by atoms with Gasteiger partial charge < -0.3 is 19.7 Å². The summed E-state index contributed by atoms with van der Waals surface area (Å²) in [5, 5.41) is 3.02. The molecule has 1 aromatic rings. The van der Waals surface area contributed by atoms with Crippen molar-refractivity contribution < 1.29 is 19.1 Å². The molecule has 1 heterocycles. The molecule has 0 radical (unpaired) electrons. The molecule has 0 saturated heterocycles. The number of carbonyl (C=O) groups is 2. The van der Waals surface area contributed by atoms with Gasteiger partial charge in [-0.3, -0.25) is 9.59 Å². The fraction of sp³-hybridized carbons (Fsp3) is 0.600. The minimum atomic E-state index is -0.153. The predicted molar refractivity (Wildman–Crippen MR) is 98.3 cm³/mol. The van der Waals surface area contributed by atoms with Crippen molar-refractivity contribution in [3.63, 3.8) is 0 Å². The van der Waals surface area contributed by atoms with Crippen molar-refractivity contribution in [2.24, 2.45) is 0 Å². The van der Waals surface area contributed by atoms with Crippen molar-refractivity contribution in [1.29, 1.82) is 0 Å². The Balaban J connectivity index is 1.59. The van der Waals surface area contributed by atoms with Gasteiger partial charge in [-0.25, -0.2) is 0 Å². The molecule has 0 spiro atoms. The van der Waals surface area contributed by atoms with Crippen LogP contribution in [0, 0.1) is 0 Å². The summed E-state index contributed by atoms with van der Waals surface area (Å²) in [6, 6.07) is 4.14. The lowest BCUT2D eigenvalue weighted by atomic mass is 9.95. The Morgan fingerprint density at radius 2 is 1.73 bits per heavy atom. The number of fused-ring (bicyclic) bond motifs is 1. The monoisotopic (exact) mass is 360 g/mol. The largest absolute Gasteiger partial charge is 0.493 e. The standard InChI is InChI=1S/C20H28N2O4/c1-25-17-10-14-8-9-22(13-15(14)11-18(17)26-2)20(24)12-19(23)21-16-6-4-3-5-7-16/h10-11,16H,3-9,12-13H2,1-2H3,(H,21,23). The molecule has 6 nitrogen and oxygen atoms in total. The van der Waals surface area contributed by atoms with Gasteiger partial charge >= 0.3 is 0 Å². The molecule has 0 bridgehead atoms. The maximum atomic E-state index is 12.5. The average Bonchev–Trinajstić information content (AvgIpc) is 2.66. The molecule has 1 N–H and O–H groups in total. The van der Waals surface area contributed by atoms with Gasteiger partial charge in [-0.15, -0.1) is 0 Å². The summed E-state index contributed by atoms with van der Waals surface area (Å²) in [7, 11) is 3.22. The Hall–Kier alpha value is -2.24. The van der Waals surface area contributed by atoms with Gasteiger partial charge in [-0.2, -0.15) is 0 Å². The van der Waals surface area contributed by atoms with Crippen molar-refractivity contribution in [1.82, 2.24) is 10.2 Å². The van der Waals surface area contributed by atoms with Crippen LogP contribution in [0.2, 0.25) is 0 Å². The number of nitrogens with one attached hydrogen (secondary N) is 1. The summed E-state index contributed by atoms with van der Waals surface area (Å²) in [5.74, 6) is 1.10. The highest BCUT2D eigenvalue weighted by Gasteiger charge is 2.25. The predicted octanol–water partition coefficient (Wildman–Crippen LogP) is 2.43. The van der Waals surface area contributed by atoms with E-state index in [1.54, 1.807) is 19.1 Å². The lowest BCUT2D eigenvalue weighted by Gasteiger charge is -2.30. The summed E-state index contributed by atoms with van der Waals surface area (Å²) in [5.41, 5.74) is 2.22. The first-order valence-electron chi connectivity index (χ1n) is 9.41. The molecular weight excluding hydrogens is 332 g/mol. The summed E-state index contributed by atoms with van der Waals surface area (Å²) in [6.45, 7) is 1.13. The van der Waals surface area contributed by atoms with E-state index in [-0.39, 0.29) is 24.3 Å². The van der Waals surface area contributed by atoms with Gasteiger partial charge in [0.2, 0.25) is 11.8 Å². The molecule has 3 rings (SSSR count). The third-order valence-electron chi connectivity index (χ3n) is 5.35. The number of nitrogens with zero attached hydrogens (tertiary/aromatic N) is 1. The van der Waals surface area contributed by atoms with Crippen molar-refractivity contribution in [2.75, 3.05) is 20.8 Å². The van der Waals surface area contributed by atoms with E-state index >= 15 is 0 Å². The first kappa shape index (κ1) is 18.5. The van der Waals surface area contributed by atoms with Crippen LogP contribution in [0.5, 0.6) is 11.5 Å². The van der Waals surface area contributed by atoms with Crippen LogP contribution in [0.15, 0.2) is 12.1 Å². The Bertz CT molecular complexity index is 668. The Morgan fingerprint density at radius 1 is 1.08 bits per heavy atom. The summed E-state index contributed by atoms with van der Waals surface area (Å²) < 4.78 is 10.7. The van der Waals surface area contributed by atoms with E-state index in [9.17, 15) is 9.59 Å². The highest BCUT2D eigenvalue weighted by atomic mass is 16.5. The van der Waals surface area contributed by atoms with Crippen LogP contribution in [0.4, 0.5) is 0 Å². The molecule has 1 aliphatic carbocycles. The quantitative estimate of drug-likeness (QED) is 0.819. The molecule has 0 aromatic heterocycles.